The van der Waals surface area contributed by atoms with Gasteiger partial charge in [-0.2, -0.15) is 4.98 Å². The van der Waals surface area contributed by atoms with Crippen molar-refractivity contribution in [3.63, 3.8) is 0 Å². The van der Waals surface area contributed by atoms with Gasteiger partial charge >= 0.3 is 13.5 Å². The molecule has 0 aliphatic carbocycles. The van der Waals surface area contributed by atoms with Gasteiger partial charge in [-0.3, -0.25) is 18.1 Å². The number of phosphoric ester groups is 1. The molecular formula is C14H21Cl3N3O8P. The second kappa shape index (κ2) is 10.2. The lowest BCUT2D eigenvalue weighted by Crippen LogP contribution is -2.36. The van der Waals surface area contributed by atoms with Gasteiger partial charge in [0, 0.05) is 6.20 Å². The molecule has 0 spiro atoms. The molecule has 29 heavy (non-hydrogen) atoms. The highest BCUT2D eigenvalue weighted by molar-refractivity contribution is 7.48. The van der Waals surface area contributed by atoms with Gasteiger partial charge in [0.25, 0.3) is 0 Å². The fourth-order valence-electron chi connectivity index (χ4n) is 2.35. The average Bonchev–Trinajstić information content (AvgIpc) is 2.91. The molecule has 15 heteroatoms. The molecule has 0 amide bonds. The maximum Gasteiger partial charge on any atom is 0.475 e. The zero-order chi connectivity index (χ0) is 21.8. The van der Waals surface area contributed by atoms with E-state index >= 15 is 0 Å². The first-order valence-corrected chi connectivity index (χ1v) is 11.0. The van der Waals surface area contributed by atoms with Crippen molar-refractivity contribution >= 4 is 48.4 Å². The molecule has 2 heterocycles. The number of rotatable bonds is 9. The van der Waals surface area contributed by atoms with E-state index in [0.29, 0.717) is 6.42 Å². The third kappa shape index (κ3) is 7.03. The Morgan fingerprint density at radius 1 is 1.31 bits per heavy atom. The lowest BCUT2D eigenvalue weighted by atomic mass is 10.1. The number of aliphatic hydroxyl groups excluding tert-OH is 2. The smallest absolute Gasteiger partial charge is 0.387 e. The van der Waals surface area contributed by atoms with Crippen molar-refractivity contribution in [1.82, 2.24) is 9.55 Å². The normalized spacial score (nSPS) is 27.1. The number of nitrogens with two attached hydrogens (primary N) is 1. The molecular weight excluding hydrogens is 476 g/mol. The van der Waals surface area contributed by atoms with Gasteiger partial charge in [-0.05, 0) is 12.5 Å². The molecule has 2 rings (SSSR count). The minimum Gasteiger partial charge on any atom is -0.387 e. The fraction of sp³-hybridized carbons (Fsp3) is 0.714. The summed E-state index contributed by atoms with van der Waals surface area (Å²) in [5.74, 6) is -0.0146. The van der Waals surface area contributed by atoms with E-state index in [1.54, 1.807) is 6.92 Å². The van der Waals surface area contributed by atoms with E-state index in [0.717, 1.165) is 4.57 Å². The van der Waals surface area contributed by atoms with Crippen molar-refractivity contribution in [3.8, 4) is 0 Å². The Kier molecular flexibility index (Phi) is 8.75. The number of hydrogen-bond donors (Lipinski definition) is 3. The highest BCUT2D eigenvalue weighted by atomic mass is 35.6. The number of alkyl halides is 3. The van der Waals surface area contributed by atoms with Crippen LogP contribution >= 0.6 is 42.6 Å². The summed E-state index contributed by atoms with van der Waals surface area (Å²) in [6, 6.07) is 1.32. The quantitative estimate of drug-likeness (QED) is 0.337. The summed E-state index contributed by atoms with van der Waals surface area (Å²) in [6.07, 6.45) is -3.65. The van der Waals surface area contributed by atoms with E-state index in [1.807, 2.05) is 0 Å². The van der Waals surface area contributed by atoms with E-state index < -0.39 is 55.1 Å². The van der Waals surface area contributed by atoms with Crippen LogP contribution in [-0.2, 0) is 22.9 Å². The maximum atomic E-state index is 12.7. The van der Waals surface area contributed by atoms with Crippen LogP contribution in [0.2, 0.25) is 0 Å². The van der Waals surface area contributed by atoms with Gasteiger partial charge in [0.05, 0.1) is 13.2 Å². The number of aliphatic hydroxyl groups is 2. The Bertz CT molecular complexity index is 792. The zero-order valence-corrected chi connectivity index (χ0v) is 18.4. The number of ether oxygens (including phenoxy) is 1. The first-order chi connectivity index (χ1) is 13.5. The molecule has 11 nitrogen and oxygen atoms in total. The average molecular weight is 497 g/mol. The topological polar surface area (TPSA) is 155 Å². The zero-order valence-electron chi connectivity index (χ0n) is 15.2. The predicted molar refractivity (Wildman–Crippen MR) is 105 cm³/mol. The fourth-order valence-corrected chi connectivity index (χ4v) is 4.05. The van der Waals surface area contributed by atoms with Crippen molar-refractivity contribution in [2.24, 2.45) is 0 Å². The lowest BCUT2D eigenvalue weighted by molar-refractivity contribution is -0.0562. The van der Waals surface area contributed by atoms with Crippen molar-refractivity contribution in [2.45, 2.75) is 41.7 Å². The van der Waals surface area contributed by atoms with Crippen molar-refractivity contribution in [2.75, 3.05) is 25.6 Å². The monoisotopic (exact) mass is 495 g/mol. The molecule has 5 atom stereocenters. The van der Waals surface area contributed by atoms with Crippen LogP contribution in [0.15, 0.2) is 17.1 Å². The Hall–Kier alpha value is -0.460. The number of anilines is 1. The van der Waals surface area contributed by atoms with Crippen molar-refractivity contribution in [3.05, 3.63) is 22.7 Å². The van der Waals surface area contributed by atoms with E-state index in [-0.39, 0.29) is 12.4 Å². The van der Waals surface area contributed by atoms with Crippen LogP contribution in [0.5, 0.6) is 0 Å². The Labute approximate surface area is 181 Å². The molecule has 0 radical (unpaired) electrons. The summed E-state index contributed by atoms with van der Waals surface area (Å²) >= 11 is 16.8. The molecule has 1 saturated heterocycles. The first kappa shape index (κ1) is 24.8. The van der Waals surface area contributed by atoms with Gasteiger partial charge in [0.15, 0.2) is 6.23 Å². The lowest BCUT2D eigenvalue weighted by Gasteiger charge is -2.22. The van der Waals surface area contributed by atoms with Crippen molar-refractivity contribution < 1.29 is 33.1 Å². The number of aromatic nitrogens is 2. The highest BCUT2D eigenvalue weighted by Gasteiger charge is 2.45. The number of hydrogen-bond acceptors (Lipinski definition) is 10. The summed E-state index contributed by atoms with van der Waals surface area (Å²) in [5.41, 5.74) is 4.64. The molecule has 1 fully saturated rings. The van der Waals surface area contributed by atoms with Crippen LogP contribution in [0.25, 0.3) is 0 Å². The summed E-state index contributed by atoms with van der Waals surface area (Å²) in [4.78, 5) is 15.5. The van der Waals surface area contributed by atoms with Crippen LogP contribution in [0.3, 0.4) is 0 Å². The summed E-state index contributed by atoms with van der Waals surface area (Å²) in [5, 5.41) is 20.4. The second-order valence-corrected chi connectivity index (χ2v) is 10.2. The molecule has 4 N–H and O–H groups in total. The molecule has 1 aromatic rings. The molecule has 0 saturated carbocycles. The number of halogens is 3. The number of nitrogen functional groups attached to an aromatic ring is 1. The van der Waals surface area contributed by atoms with Crippen LogP contribution in [0.1, 0.15) is 19.6 Å². The van der Waals surface area contributed by atoms with Crippen LogP contribution in [-0.4, -0.2) is 61.7 Å². The Balaban J connectivity index is 2.07. The molecule has 166 valence electrons. The minimum atomic E-state index is -4.16. The third-order valence-electron chi connectivity index (χ3n) is 3.70. The Morgan fingerprint density at radius 2 is 2.00 bits per heavy atom. The van der Waals surface area contributed by atoms with Crippen LogP contribution < -0.4 is 11.4 Å². The molecule has 5 unspecified atom stereocenters. The molecule has 1 aliphatic rings. The molecule has 0 aromatic carbocycles. The summed E-state index contributed by atoms with van der Waals surface area (Å²) in [7, 11) is -4.16. The van der Waals surface area contributed by atoms with E-state index in [4.69, 9.17) is 58.8 Å². The number of phosphoric acid groups is 1. The van der Waals surface area contributed by atoms with E-state index in [1.165, 1.54) is 12.3 Å². The van der Waals surface area contributed by atoms with Gasteiger partial charge in [0.1, 0.15) is 30.7 Å². The van der Waals surface area contributed by atoms with E-state index in [2.05, 4.69) is 4.98 Å². The molecule has 1 aliphatic heterocycles. The summed E-state index contributed by atoms with van der Waals surface area (Å²) < 4.78 is 32.5. The van der Waals surface area contributed by atoms with Gasteiger partial charge < -0.3 is 20.7 Å². The highest BCUT2D eigenvalue weighted by Crippen LogP contribution is 2.51. The summed E-state index contributed by atoms with van der Waals surface area (Å²) in [6.45, 7) is 0.711. The SMILES string of the molecule is CCCOP(=O)(OCC1OC(n2ccc(N)nc2=O)C(O)C1O)OCC(Cl)(Cl)Cl. The predicted octanol–water partition coefficient (Wildman–Crippen LogP) is 1.38. The maximum absolute atomic E-state index is 12.7. The van der Waals surface area contributed by atoms with Gasteiger partial charge in [-0.1, -0.05) is 41.7 Å². The van der Waals surface area contributed by atoms with Crippen molar-refractivity contribution in [1.29, 1.82) is 0 Å². The first-order valence-electron chi connectivity index (χ1n) is 8.42. The van der Waals surface area contributed by atoms with Gasteiger partial charge in [-0.15, -0.1) is 0 Å². The largest absolute Gasteiger partial charge is 0.475 e. The standard InChI is InChI=1S/C14H21Cl3N3O8P/c1-2-5-25-29(24,27-7-14(15,16)17)26-6-8-10(21)11(22)12(28-8)20-4-3-9(18)19-13(20)23/h3-4,8,10-12,21-22H,2,5-7H2,1H3,(H2,18,19,23). The van der Waals surface area contributed by atoms with Crippen LogP contribution in [0.4, 0.5) is 5.82 Å². The third-order valence-corrected chi connectivity index (χ3v) is 5.44. The minimum absolute atomic E-state index is 0.0146. The number of nitrogens with zero attached hydrogens (tertiary/aromatic N) is 2. The second-order valence-electron chi connectivity index (χ2n) is 6.05. The van der Waals surface area contributed by atoms with E-state index in [9.17, 15) is 19.6 Å². The Morgan fingerprint density at radius 3 is 2.59 bits per heavy atom. The molecule has 1 aromatic heterocycles. The van der Waals surface area contributed by atoms with Gasteiger partial charge in [0.2, 0.25) is 3.79 Å². The molecule has 0 bridgehead atoms. The van der Waals surface area contributed by atoms with Crippen LogP contribution in [0, 0.1) is 0 Å². The van der Waals surface area contributed by atoms with Gasteiger partial charge in [-0.25, -0.2) is 9.36 Å².